The molecule has 4 rings (SSSR count). The van der Waals surface area contributed by atoms with Crippen molar-refractivity contribution in [2.75, 3.05) is 25.2 Å². The Bertz CT molecular complexity index is 1100. The second-order valence-electron chi connectivity index (χ2n) is 8.52. The molecule has 2 aliphatic heterocycles. The Labute approximate surface area is 193 Å². The average molecular weight is 513 g/mol. The lowest BCUT2D eigenvalue weighted by Gasteiger charge is -2.46. The van der Waals surface area contributed by atoms with Crippen molar-refractivity contribution in [1.82, 2.24) is 19.9 Å². The van der Waals surface area contributed by atoms with Gasteiger partial charge in [0.1, 0.15) is 20.3 Å². The molecule has 0 aliphatic carbocycles. The number of ether oxygens (including phenoxy) is 1. The summed E-state index contributed by atoms with van der Waals surface area (Å²) in [7, 11) is -3.09. The van der Waals surface area contributed by atoms with Crippen LogP contribution in [0.2, 0.25) is 5.02 Å². The fourth-order valence-electron chi connectivity index (χ4n) is 4.45. The largest absolute Gasteiger partial charge is 0.427 e. The molecule has 2 aromatic rings. The monoisotopic (exact) mass is 512 g/mol. The van der Waals surface area contributed by atoms with Gasteiger partial charge < -0.3 is 4.74 Å². The Morgan fingerprint density at radius 3 is 2.81 bits per heavy atom. The fraction of sp³-hybridized carbons (Fsp3) is 0.684. The van der Waals surface area contributed by atoms with E-state index in [1.165, 1.54) is 10.9 Å². The maximum Gasteiger partial charge on any atom is 0.427 e. The van der Waals surface area contributed by atoms with Crippen molar-refractivity contribution in [2.45, 2.75) is 57.1 Å². The van der Waals surface area contributed by atoms with Crippen molar-refractivity contribution in [2.24, 2.45) is 0 Å². The number of rotatable bonds is 5. The van der Waals surface area contributed by atoms with Gasteiger partial charge in [-0.1, -0.05) is 16.8 Å². The molecule has 0 unspecified atom stereocenters. The summed E-state index contributed by atoms with van der Waals surface area (Å²) in [6.45, 7) is 3.74. The number of alkyl halides is 3. The molecule has 0 radical (unpaired) electrons. The smallest absolute Gasteiger partial charge is 0.369 e. The van der Waals surface area contributed by atoms with Crippen LogP contribution in [-0.2, 0) is 45.9 Å². The predicted molar refractivity (Wildman–Crippen MR) is 115 cm³/mol. The van der Waals surface area contributed by atoms with Crippen LogP contribution >= 0.6 is 22.9 Å². The minimum Gasteiger partial charge on any atom is -0.369 e. The lowest BCUT2D eigenvalue weighted by atomic mass is 9.82. The molecule has 1 fully saturated rings. The third kappa shape index (κ3) is 4.84. The van der Waals surface area contributed by atoms with E-state index < -0.39 is 26.5 Å². The van der Waals surface area contributed by atoms with Crippen LogP contribution in [0.3, 0.4) is 0 Å². The van der Waals surface area contributed by atoms with Gasteiger partial charge in [0.15, 0.2) is 0 Å². The van der Waals surface area contributed by atoms with E-state index in [-0.39, 0.29) is 23.4 Å². The first-order valence-electron chi connectivity index (χ1n) is 10.2. The van der Waals surface area contributed by atoms with E-state index >= 15 is 0 Å². The zero-order chi connectivity index (χ0) is 23.3. The van der Waals surface area contributed by atoms with Crippen LogP contribution in [0.4, 0.5) is 13.2 Å². The molecule has 1 saturated heterocycles. The average Bonchev–Trinajstić information content (AvgIpc) is 3.27. The van der Waals surface area contributed by atoms with E-state index in [4.69, 9.17) is 16.3 Å². The van der Waals surface area contributed by atoms with E-state index in [1.54, 1.807) is 6.20 Å². The van der Waals surface area contributed by atoms with Crippen molar-refractivity contribution in [3.8, 4) is 0 Å². The van der Waals surface area contributed by atoms with Crippen molar-refractivity contribution < 1.29 is 26.3 Å². The SMILES string of the molecule is C[C@H]1C[C@@]2(CCN1Cc1cn(CCS(C)(=O)=O)nn1)OCCc1c2sc(C(F)(F)F)c1Cl. The van der Waals surface area contributed by atoms with Gasteiger partial charge in [-0.05, 0) is 31.7 Å². The summed E-state index contributed by atoms with van der Waals surface area (Å²) in [5.74, 6) is -0.0125. The summed E-state index contributed by atoms with van der Waals surface area (Å²) in [5.41, 5.74) is 0.531. The minimum absolute atomic E-state index is 0.0125. The number of sulfone groups is 1. The molecule has 0 bridgehead atoms. The van der Waals surface area contributed by atoms with Gasteiger partial charge >= 0.3 is 6.18 Å². The van der Waals surface area contributed by atoms with Gasteiger partial charge in [-0.25, -0.2) is 8.42 Å². The van der Waals surface area contributed by atoms with Crippen LogP contribution in [0.25, 0.3) is 0 Å². The molecule has 2 atom stereocenters. The number of halogens is 4. The van der Waals surface area contributed by atoms with E-state index in [0.29, 0.717) is 66.4 Å². The highest BCUT2D eigenvalue weighted by Gasteiger charge is 2.48. The Morgan fingerprint density at radius 2 is 2.16 bits per heavy atom. The number of thiophene rings is 1. The molecule has 2 aliphatic rings. The van der Waals surface area contributed by atoms with E-state index in [1.807, 2.05) is 6.92 Å². The van der Waals surface area contributed by atoms with Crippen LogP contribution in [0.15, 0.2) is 6.20 Å². The van der Waals surface area contributed by atoms with Crippen molar-refractivity contribution in [3.63, 3.8) is 0 Å². The quantitative estimate of drug-likeness (QED) is 0.610. The summed E-state index contributed by atoms with van der Waals surface area (Å²) in [6.07, 6.45) is -0.0802. The van der Waals surface area contributed by atoms with Gasteiger partial charge in [-0.3, -0.25) is 9.58 Å². The number of hydrogen-bond donors (Lipinski definition) is 0. The summed E-state index contributed by atoms with van der Waals surface area (Å²) in [5, 5.41) is 7.94. The molecule has 0 amide bonds. The molecule has 7 nitrogen and oxygen atoms in total. The van der Waals surface area contributed by atoms with Crippen LogP contribution in [0.1, 0.15) is 40.8 Å². The Kier molecular flexibility index (Phi) is 6.38. The second kappa shape index (κ2) is 8.53. The molecule has 0 N–H and O–H groups in total. The Hall–Kier alpha value is -1.21. The maximum absolute atomic E-state index is 13.4. The molecule has 32 heavy (non-hydrogen) atoms. The third-order valence-corrected chi connectivity index (χ3v) is 8.95. The molecular formula is C19H24ClF3N4O3S2. The molecule has 178 valence electrons. The second-order valence-corrected chi connectivity index (χ2v) is 12.2. The summed E-state index contributed by atoms with van der Waals surface area (Å²) < 4.78 is 70.6. The third-order valence-electron chi connectivity index (χ3n) is 6.04. The van der Waals surface area contributed by atoms with Crippen LogP contribution in [0.5, 0.6) is 0 Å². The van der Waals surface area contributed by atoms with Crippen LogP contribution < -0.4 is 0 Å². The zero-order valence-corrected chi connectivity index (χ0v) is 20.0. The number of piperidine rings is 1. The molecule has 13 heteroatoms. The van der Waals surface area contributed by atoms with Gasteiger partial charge in [-0.15, -0.1) is 16.4 Å². The lowest BCUT2D eigenvalue weighted by molar-refractivity contribution is -0.134. The molecule has 1 spiro atoms. The number of hydrogen-bond acceptors (Lipinski definition) is 7. The lowest BCUT2D eigenvalue weighted by Crippen LogP contribution is -2.50. The summed E-state index contributed by atoms with van der Waals surface area (Å²) in [4.78, 5) is 2.06. The summed E-state index contributed by atoms with van der Waals surface area (Å²) in [6, 6.07) is 0.0334. The molecule has 0 saturated carbocycles. The van der Waals surface area contributed by atoms with E-state index in [2.05, 4.69) is 15.2 Å². The Balaban J connectivity index is 1.47. The molecule has 4 heterocycles. The number of nitrogens with zero attached hydrogens (tertiary/aromatic N) is 4. The van der Waals surface area contributed by atoms with Gasteiger partial charge in [-0.2, -0.15) is 13.2 Å². The minimum atomic E-state index is -4.48. The fourth-order valence-corrected chi connectivity index (χ4v) is 6.72. The van der Waals surface area contributed by atoms with Crippen molar-refractivity contribution in [3.05, 3.63) is 32.2 Å². The number of aryl methyl sites for hydroxylation is 1. The van der Waals surface area contributed by atoms with E-state index in [0.717, 1.165) is 0 Å². The first-order chi connectivity index (χ1) is 14.9. The van der Waals surface area contributed by atoms with Crippen molar-refractivity contribution in [1.29, 1.82) is 0 Å². The number of fused-ring (bicyclic) bond motifs is 2. The van der Waals surface area contributed by atoms with Crippen LogP contribution in [0, 0.1) is 0 Å². The van der Waals surface area contributed by atoms with Crippen molar-refractivity contribution >= 4 is 32.8 Å². The van der Waals surface area contributed by atoms with E-state index in [9.17, 15) is 21.6 Å². The highest BCUT2D eigenvalue weighted by atomic mass is 35.5. The van der Waals surface area contributed by atoms with Gasteiger partial charge in [0.2, 0.25) is 0 Å². The van der Waals surface area contributed by atoms with Gasteiger partial charge in [0, 0.05) is 36.5 Å². The number of likely N-dealkylation sites (tertiary alicyclic amines) is 1. The first-order valence-corrected chi connectivity index (χ1v) is 13.5. The standard InChI is InChI=1S/C19H24ClF3N4O3S2/c1-12-9-18(16-14(3-7-30-18)15(20)17(31-16)19(21,22)23)4-5-26(12)10-13-11-27(25-24-13)6-8-32(2,28)29/h11-12H,3-10H2,1-2H3/t12-,18+/m0/s1. The normalized spacial score (nSPS) is 24.8. The number of aromatic nitrogens is 3. The Morgan fingerprint density at radius 1 is 1.41 bits per heavy atom. The molecule has 2 aromatic heterocycles. The summed E-state index contributed by atoms with van der Waals surface area (Å²) >= 11 is 6.84. The highest BCUT2D eigenvalue weighted by molar-refractivity contribution is 7.90. The predicted octanol–water partition coefficient (Wildman–Crippen LogP) is 3.51. The zero-order valence-electron chi connectivity index (χ0n) is 17.7. The topological polar surface area (TPSA) is 77.3 Å². The molecule has 0 aromatic carbocycles. The van der Waals surface area contributed by atoms with Gasteiger partial charge in [0.25, 0.3) is 0 Å². The first kappa shape index (κ1) is 23.9. The highest BCUT2D eigenvalue weighted by Crippen LogP contribution is 2.53. The van der Waals surface area contributed by atoms with Crippen LogP contribution in [-0.4, -0.2) is 59.5 Å². The maximum atomic E-state index is 13.4. The van der Waals surface area contributed by atoms with Gasteiger partial charge in [0.05, 0.1) is 29.6 Å². The molecular weight excluding hydrogens is 489 g/mol.